The molecule has 8 heteroatoms. The molecule has 144 valence electrons. The molecular formula is C20H16F2N2O3S. The molecule has 1 heterocycles. The normalized spacial score (nSPS) is 10.8. The van der Waals surface area contributed by atoms with Gasteiger partial charge in [0.25, 0.3) is 11.7 Å². The van der Waals surface area contributed by atoms with Gasteiger partial charge in [-0.1, -0.05) is 29.8 Å². The Morgan fingerprint density at radius 2 is 1.68 bits per heavy atom. The van der Waals surface area contributed by atoms with Crippen LogP contribution in [-0.2, 0) is 4.79 Å². The van der Waals surface area contributed by atoms with Crippen molar-refractivity contribution in [1.29, 1.82) is 0 Å². The number of benzene rings is 2. The lowest BCUT2D eigenvalue weighted by atomic mass is 10.1. The Labute approximate surface area is 164 Å². The summed E-state index contributed by atoms with van der Waals surface area (Å²) in [5.41, 5.74) is 2.56. The van der Waals surface area contributed by atoms with Crippen molar-refractivity contribution in [3.05, 3.63) is 64.5 Å². The summed E-state index contributed by atoms with van der Waals surface area (Å²) >= 11 is 1.22. The molecule has 0 bridgehead atoms. The second-order valence-electron chi connectivity index (χ2n) is 5.98. The monoisotopic (exact) mass is 402 g/mol. The van der Waals surface area contributed by atoms with Gasteiger partial charge in [0.1, 0.15) is 5.75 Å². The van der Waals surface area contributed by atoms with E-state index in [9.17, 15) is 18.4 Å². The third-order valence-electron chi connectivity index (χ3n) is 3.89. The number of carbonyl (C=O) groups is 2. The van der Waals surface area contributed by atoms with Gasteiger partial charge in [0.05, 0.1) is 5.69 Å². The van der Waals surface area contributed by atoms with Gasteiger partial charge in [0.15, 0.2) is 5.13 Å². The Kier molecular flexibility index (Phi) is 5.79. The lowest BCUT2D eigenvalue weighted by Gasteiger charge is -2.05. The number of ether oxygens (including phenoxy) is 1. The molecule has 0 fully saturated rings. The average Bonchev–Trinajstić information content (AvgIpc) is 3.02. The number of aromatic nitrogens is 1. The third-order valence-corrected chi connectivity index (χ3v) is 4.78. The topological polar surface area (TPSA) is 68.3 Å². The molecule has 0 spiro atoms. The van der Waals surface area contributed by atoms with Crippen molar-refractivity contribution in [1.82, 2.24) is 4.98 Å². The Morgan fingerprint density at radius 1 is 1.04 bits per heavy atom. The highest BCUT2D eigenvalue weighted by atomic mass is 32.1. The maximum Gasteiger partial charge on any atom is 0.387 e. The predicted molar refractivity (Wildman–Crippen MR) is 103 cm³/mol. The summed E-state index contributed by atoms with van der Waals surface area (Å²) in [5, 5.41) is 2.80. The molecule has 0 aliphatic heterocycles. The first-order valence-electron chi connectivity index (χ1n) is 8.28. The van der Waals surface area contributed by atoms with Gasteiger partial charge < -0.3 is 4.74 Å². The van der Waals surface area contributed by atoms with Gasteiger partial charge in [-0.25, -0.2) is 4.98 Å². The van der Waals surface area contributed by atoms with Gasteiger partial charge in [-0.2, -0.15) is 8.78 Å². The number of Topliss-reactive ketones (excluding diaryl/α,β-unsaturated/α-hetero) is 1. The molecule has 3 rings (SSSR count). The molecule has 0 aliphatic rings. The summed E-state index contributed by atoms with van der Waals surface area (Å²) < 4.78 is 28.8. The minimum absolute atomic E-state index is 0.0452. The standard InChI is InChI=1S/C20H16F2N2O3S/c1-11-3-5-14(6-4-11)17(25)18(26)24-20-23-16(12(2)28-20)13-7-9-15(10-8-13)27-19(21)22/h3-10,19H,1-2H3,(H,23,24,26). The van der Waals surface area contributed by atoms with Gasteiger partial charge in [-0.3, -0.25) is 14.9 Å². The van der Waals surface area contributed by atoms with E-state index in [0.717, 1.165) is 10.4 Å². The molecule has 2 aromatic carbocycles. The molecule has 1 aromatic heterocycles. The van der Waals surface area contributed by atoms with E-state index in [1.54, 1.807) is 36.4 Å². The quantitative estimate of drug-likeness (QED) is 0.473. The van der Waals surface area contributed by atoms with E-state index >= 15 is 0 Å². The van der Waals surface area contributed by atoms with E-state index in [1.807, 2.05) is 13.8 Å². The number of halogens is 2. The molecule has 0 unspecified atom stereocenters. The summed E-state index contributed by atoms with van der Waals surface area (Å²) in [5.74, 6) is -1.38. The number of hydrogen-bond acceptors (Lipinski definition) is 5. The Morgan fingerprint density at radius 3 is 2.29 bits per heavy atom. The fourth-order valence-electron chi connectivity index (χ4n) is 2.50. The van der Waals surface area contributed by atoms with Crippen molar-refractivity contribution in [3.8, 4) is 17.0 Å². The highest BCUT2D eigenvalue weighted by molar-refractivity contribution is 7.16. The van der Waals surface area contributed by atoms with E-state index in [2.05, 4.69) is 15.0 Å². The van der Waals surface area contributed by atoms with Crippen LogP contribution in [0.5, 0.6) is 5.75 Å². The maximum atomic E-state index is 12.2. The Balaban J connectivity index is 1.74. The van der Waals surface area contributed by atoms with E-state index in [4.69, 9.17) is 0 Å². The second-order valence-corrected chi connectivity index (χ2v) is 7.18. The summed E-state index contributed by atoms with van der Waals surface area (Å²) in [6.07, 6.45) is 0. The number of carbonyl (C=O) groups excluding carboxylic acids is 2. The van der Waals surface area contributed by atoms with Crippen LogP contribution in [0.4, 0.5) is 13.9 Å². The molecular weight excluding hydrogens is 386 g/mol. The second kappa shape index (κ2) is 8.26. The first-order chi connectivity index (χ1) is 13.3. The van der Waals surface area contributed by atoms with E-state index in [-0.39, 0.29) is 10.9 Å². The zero-order chi connectivity index (χ0) is 20.3. The molecule has 3 aromatic rings. The van der Waals surface area contributed by atoms with Gasteiger partial charge >= 0.3 is 6.61 Å². The van der Waals surface area contributed by atoms with Crippen molar-refractivity contribution < 1.29 is 23.1 Å². The Hall–Kier alpha value is -3.13. The van der Waals surface area contributed by atoms with Crippen LogP contribution in [0.25, 0.3) is 11.3 Å². The minimum atomic E-state index is -2.89. The molecule has 0 aliphatic carbocycles. The van der Waals surface area contributed by atoms with Crippen molar-refractivity contribution in [3.63, 3.8) is 0 Å². The molecule has 0 radical (unpaired) electrons. The number of hydrogen-bond donors (Lipinski definition) is 1. The zero-order valence-corrected chi connectivity index (χ0v) is 15.8. The number of nitrogens with one attached hydrogen (secondary N) is 1. The lowest BCUT2D eigenvalue weighted by Crippen LogP contribution is -2.22. The molecule has 28 heavy (non-hydrogen) atoms. The van der Waals surface area contributed by atoms with Gasteiger partial charge in [-0.05, 0) is 38.1 Å². The summed E-state index contributed by atoms with van der Waals surface area (Å²) in [7, 11) is 0. The molecule has 0 saturated carbocycles. The van der Waals surface area contributed by atoms with E-state index in [0.29, 0.717) is 16.8 Å². The SMILES string of the molecule is Cc1ccc(C(=O)C(=O)Nc2nc(-c3ccc(OC(F)F)cc3)c(C)s2)cc1. The Bertz CT molecular complexity index is 999. The van der Waals surface area contributed by atoms with E-state index in [1.165, 1.54) is 23.5 Å². The van der Waals surface area contributed by atoms with Crippen LogP contribution in [0.3, 0.4) is 0 Å². The van der Waals surface area contributed by atoms with Gasteiger partial charge in [0, 0.05) is 16.0 Å². The lowest BCUT2D eigenvalue weighted by molar-refractivity contribution is -0.112. The molecule has 1 N–H and O–H groups in total. The number of thiazole rings is 1. The van der Waals surface area contributed by atoms with Crippen LogP contribution in [0.2, 0.25) is 0 Å². The first kappa shape index (κ1) is 19.6. The summed E-state index contributed by atoms with van der Waals surface area (Å²) in [6, 6.07) is 12.7. The van der Waals surface area contributed by atoms with Crippen LogP contribution in [0.1, 0.15) is 20.8 Å². The number of ketones is 1. The number of alkyl halides is 2. The zero-order valence-electron chi connectivity index (χ0n) is 15.0. The van der Waals surface area contributed by atoms with Gasteiger partial charge in [0.2, 0.25) is 0 Å². The van der Waals surface area contributed by atoms with Crippen LogP contribution in [-0.4, -0.2) is 23.3 Å². The summed E-state index contributed by atoms with van der Waals surface area (Å²) in [4.78, 5) is 29.6. The molecule has 0 atom stereocenters. The third kappa shape index (κ3) is 4.58. The number of amides is 1. The minimum Gasteiger partial charge on any atom is -0.435 e. The average molecular weight is 402 g/mol. The van der Waals surface area contributed by atoms with Crippen LogP contribution < -0.4 is 10.1 Å². The molecule has 5 nitrogen and oxygen atoms in total. The van der Waals surface area contributed by atoms with Crippen molar-refractivity contribution in [2.45, 2.75) is 20.5 Å². The van der Waals surface area contributed by atoms with Crippen molar-refractivity contribution >= 4 is 28.2 Å². The van der Waals surface area contributed by atoms with Crippen LogP contribution in [0.15, 0.2) is 48.5 Å². The fourth-order valence-corrected chi connectivity index (χ4v) is 3.33. The largest absolute Gasteiger partial charge is 0.435 e. The smallest absolute Gasteiger partial charge is 0.387 e. The highest BCUT2D eigenvalue weighted by Gasteiger charge is 2.19. The van der Waals surface area contributed by atoms with Gasteiger partial charge in [-0.15, -0.1) is 11.3 Å². The first-order valence-corrected chi connectivity index (χ1v) is 9.10. The van der Waals surface area contributed by atoms with Crippen molar-refractivity contribution in [2.24, 2.45) is 0 Å². The van der Waals surface area contributed by atoms with Crippen LogP contribution >= 0.6 is 11.3 Å². The number of nitrogens with zero attached hydrogens (tertiary/aromatic N) is 1. The number of anilines is 1. The molecule has 1 amide bonds. The van der Waals surface area contributed by atoms with Crippen molar-refractivity contribution in [2.75, 3.05) is 5.32 Å². The highest BCUT2D eigenvalue weighted by Crippen LogP contribution is 2.31. The number of aryl methyl sites for hydroxylation is 2. The fraction of sp³-hybridized carbons (Fsp3) is 0.150. The predicted octanol–water partition coefficient (Wildman–Crippen LogP) is 4.85. The van der Waals surface area contributed by atoms with Crippen LogP contribution in [0, 0.1) is 13.8 Å². The maximum absolute atomic E-state index is 12.2. The summed E-state index contributed by atoms with van der Waals surface area (Å²) in [6.45, 7) is 0.814. The molecule has 0 saturated heterocycles. The number of rotatable bonds is 6. The van der Waals surface area contributed by atoms with E-state index < -0.39 is 18.3 Å².